The lowest BCUT2D eigenvalue weighted by atomic mass is 9.84. The van der Waals surface area contributed by atoms with Crippen molar-refractivity contribution in [2.75, 3.05) is 26.0 Å². The van der Waals surface area contributed by atoms with E-state index in [1.807, 2.05) is 74.5 Å². The molecule has 10 heteroatoms. The highest BCUT2D eigenvalue weighted by Crippen LogP contribution is 2.29. The number of likely N-dealkylation sites (N-methyl/N-ethyl adjacent to an activating group) is 1. The first-order valence-corrected chi connectivity index (χ1v) is 15.3. The molecule has 0 saturated heterocycles. The van der Waals surface area contributed by atoms with E-state index in [2.05, 4.69) is 10.6 Å². The monoisotopic (exact) mass is 594 g/mol. The van der Waals surface area contributed by atoms with Gasteiger partial charge in [-0.25, -0.2) is 13.3 Å². The molecular weight excluding hydrogens is 552 g/mol. The lowest BCUT2D eigenvalue weighted by molar-refractivity contribution is -0.124. The molecular formula is C32H42N4O5S. The van der Waals surface area contributed by atoms with Gasteiger partial charge in [-0.3, -0.25) is 4.79 Å². The summed E-state index contributed by atoms with van der Waals surface area (Å²) >= 11 is 0. The van der Waals surface area contributed by atoms with Crippen molar-refractivity contribution in [3.05, 3.63) is 96.1 Å². The quantitative estimate of drug-likeness (QED) is 0.195. The van der Waals surface area contributed by atoms with Gasteiger partial charge in [0, 0.05) is 30.2 Å². The van der Waals surface area contributed by atoms with E-state index >= 15 is 0 Å². The molecule has 4 atom stereocenters. The van der Waals surface area contributed by atoms with Crippen LogP contribution in [0.4, 0.5) is 10.5 Å². The molecule has 5 N–H and O–H groups in total. The predicted molar refractivity (Wildman–Crippen MR) is 166 cm³/mol. The molecule has 0 fully saturated rings. The fraction of sp³-hybridized carbons (Fsp3) is 0.375. The maximum Gasteiger partial charge on any atom is 0.407 e. The highest BCUT2D eigenvalue weighted by atomic mass is 32.2. The Morgan fingerprint density at radius 1 is 0.929 bits per heavy atom. The van der Waals surface area contributed by atoms with E-state index in [9.17, 15) is 18.9 Å². The molecule has 0 aliphatic carbocycles. The summed E-state index contributed by atoms with van der Waals surface area (Å²) in [6, 6.07) is 24.6. The maximum atomic E-state index is 13.7. The van der Waals surface area contributed by atoms with Crippen molar-refractivity contribution in [1.29, 1.82) is 0 Å². The third-order valence-corrected chi connectivity index (χ3v) is 8.84. The molecule has 3 rings (SSSR count). The molecule has 0 aromatic heterocycles. The topological polar surface area (TPSA) is 134 Å². The third-order valence-electron chi connectivity index (χ3n) is 7.18. The zero-order chi connectivity index (χ0) is 30.5. The van der Waals surface area contributed by atoms with Crippen LogP contribution in [-0.2, 0) is 20.5 Å². The van der Waals surface area contributed by atoms with Crippen LogP contribution in [0.1, 0.15) is 50.2 Å². The van der Waals surface area contributed by atoms with Crippen LogP contribution in [0.3, 0.4) is 0 Å². The molecule has 3 aromatic carbocycles. The van der Waals surface area contributed by atoms with Crippen molar-refractivity contribution in [3.63, 3.8) is 0 Å². The van der Waals surface area contributed by atoms with E-state index in [1.165, 1.54) is 7.11 Å². The summed E-state index contributed by atoms with van der Waals surface area (Å²) in [4.78, 5) is 26.7. The van der Waals surface area contributed by atoms with Crippen molar-refractivity contribution in [2.24, 2.45) is 0 Å². The van der Waals surface area contributed by atoms with Crippen LogP contribution >= 0.6 is 0 Å². The van der Waals surface area contributed by atoms with Gasteiger partial charge in [-0.05, 0) is 61.6 Å². The SMILES string of the molecule is CCN(C(CO)CCCC(C)NC(=O)C(NC(=O)OC)C(c1ccccc1)c1ccccc1)S(=O)c1ccc(N)cc1. The van der Waals surface area contributed by atoms with Crippen LogP contribution < -0.4 is 16.4 Å². The number of nitrogens with two attached hydrogens (primary N) is 1. The number of amides is 2. The Morgan fingerprint density at radius 2 is 1.50 bits per heavy atom. The summed E-state index contributed by atoms with van der Waals surface area (Å²) in [7, 11) is -0.173. The van der Waals surface area contributed by atoms with Crippen LogP contribution in [0.2, 0.25) is 0 Å². The summed E-state index contributed by atoms with van der Waals surface area (Å²) in [5.74, 6) is -0.775. The normalized spacial score (nSPS) is 14.1. The van der Waals surface area contributed by atoms with Crippen LogP contribution in [-0.4, -0.2) is 64.0 Å². The molecule has 0 spiro atoms. The number of rotatable bonds is 15. The minimum atomic E-state index is -1.44. The number of ether oxygens (including phenoxy) is 1. The van der Waals surface area contributed by atoms with Crippen LogP contribution in [0.25, 0.3) is 0 Å². The molecule has 0 saturated carbocycles. The van der Waals surface area contributed by atoms with Crippen molar-refractivity contribution in [2.45, 2.75) is 62.0 Å². The van der Waals surface area contributed by atoms with Gasteiger partial charge in [0.1, 0.15) is 17.0 Å². The number of aliphatic hydroxyl groups is 1. The molecule has 0 aliphatic heterocycles. The lowest BCUT2D eigenvalue weighted by Gasteiger charge is -2.30. The highest BCUT2D eigenvalue weighted by Gasteiger charge is 2.33. The first kappa shape index (κ1) is 32.8. The Labute approximate surface area is 251 Å². The van der Waals surface area contributed by atoms with Gasteiger partial charge in [-0.15, -0.1) is 0 Å². The number of aliphatic hydroxyl groups excluding tert-OH is 1. The van der Waals surface area contributed by atoms with Crippen LogP contribution in [0.15, 0.2) is 89.8 Å². The van der Waals surface area contributed by atoms with Crippen LogP contribution in [0.5, 0.6) is 0 Å². The minimum Gasteiger partial charge on any atom is -0.453 e. The zero-order valence-electron chi connectivity index (χ0n) is 24.4. The number of methoxy groups -OCH3 is 1. The fourth-order valence-electron chi connectivity index (χ4n) is 5.01. The molecule has 0 bridgehead atoms. The molecule has 0 radical (unpaired) electrons. The summed E-state index contributed by atoms with van der Waals surface area (Å²) in [5.41, 5.74) is 8.12. The van der Waals surface area contributed by atoms with E-state index in [0.29, 0.717) is 36.4 Å². The molecule has 2 amide bonds. The molecule has 4 unspecified atom stereocenters. The second-order valence-electron chi connectivity index (χ2n) is 10.1. The predicted octanol–water partition coefficient (Wildman–Crippen LogP) is 4.21. The van der Waals surface area contributed by atoms with E-state index in [4.69, 9.17) is 10.5 Å². The van der Waals surface area contributed by atoms with Crippen LogP contribution in [0, 0.1) is 0 Å². The van der Waals surface area contributed by atoms with E-state index < -0.39 is 29.0 Å². The number of nitrogens with zero attached hydrogens (tertiary/aromatic N) is 1. The van der Waals surface area contributed by atoms with Gasteiger partial charge in [0.05, 0.1) is 18.6 Å². The van der Waals surface area contributed by atoms with Crippen molar-refractivity contribution < 1.29 is 23.6 Å². The third kappa shape index (κ3) is 9.14. The Hall–Kier alpha value is -3.73. The fourth-order valence-corrected chi connectivity index (χ4v) is 6.32. The first-order chi connectivity index (χ1) is 20.3. The number of carbonyl (C=O) groups is 2. The summed E-state index contributed by atoms with van der Waals surface area (Å²) < 4.78 is 19.8. The smallest absolute Gasteiger partial charge is 0.407 e. The number of nitrogens with one attached hydrogen (secondary N) is 2. The van der Waals surface area contributed by atoms with Gasteiger partial charge in [0.2, 0.25) is 5.91 Å². The Morgan fingerprint density at radius 3 is 2.00 bits per heavy atom. The number of alkyl carbamates (subject to hydrolysis) is 1. The largest absolute Gasteiger partial charge is 0.453 e. The standard InChI is InChI=1S/C32H42N4O5S/c1-4-36(42(40)28-20-18-26(33)19-21-28)27(22-37)17-11-12-23(2)34-31(38)30(35-32(39)41-3)29(24-13-7-5-8-14-24)25-15-9-6-10-16-25/h5-10,13-16,18-21,23,27,29-30,37H,4,11-12,17,22,33H2,1-3H3,(H,34,38)(H,35,39). The number of carbonyl (C=O) groups excluding carboxylic acids is 2. The summed E-state index contributed by atoms with van der Waals surface area (Å²) in [6.45, 7) is 4.17. The Balaban J connectivity index is 1.69. The molecule has 9 nitrogen and oxygen atoms in total. The van der Waals surface area contributed by atoms with E-state index in [0.717, 1.165) is 11.1 Å². The second-order valence-corrected chi connectivity index (χ2v) is 11.6. The average molecular weight is 595 g/mol. The van der Waals surface area contributed by atoms with Gasteiger partial charge in [0.15, 0.2) is 0 Å². The molecule has 226 valence electrons. The lowest BCUT2D eigenvalue weighted by Crippen LogP contribution is -2.52. The second kappa shape index (κ2) is 16.6. The van der Waals surface area contributed by atoms with E-state index in [1.54, 1.807) is 28.6 Å². The van der Waals surface area contributed by atoms with Gasteiger partial charge in [0.25, 0.3) is 0 Å². The molecule has 3 aromatic rings. The molecule has 42 heavy (non-hydrogen) atoms. The average Bonchev–Trinajstić information content (AvgIpc) is 3.01. The number of hydrogen-bond acceptors (Lipinski definition) is 6. The van der Waals surface area contributed by atoms with E-state index in [-0.39, 0.29) is 24.6 Å². The van der Waals surface area contributed by atoms with Gasteiger partial charge in [-0.1, -0.05) is 67.6 Å². The molecule has 0 heterocycles. The number of benzene rings is 3. The zero-order valence-corrected chi connectivity index (χ0v) is 25.3. The Bertz CT molecular complexity index is 1240. The van der Waals surface area contributed by atoms with Gasteiger partial charge >= 0.3 is 6.09 Å². The maximum absolute atomic E-state index is 13.7. The Kier molecular flexibility index (Phi) is 13.0. The first-order valence-electron chi connectivity index (χ1n) is 14.2. The number of hydrogen-bond donors (Lipinski definition) is 4. The van der Waals surface area contributed by atoms with Gasteiger partial charge < -0.3 is 26.2 Å². The number of anilines is 1. The van der Waals surface area contributed by atoms with Gasteiger partial charge in [-0.2, -0.15) is 0 Å². The number of nitrogen functional groups attached to an aromatic ring is 1. The summed E-state index contributed by atoms with van der Waals surface area (Å²) in [5, 5.41) is 15.9. The highest BCUT2D eigenvalue weighted by molar-refractivity contribution is 7.82. The van der Waals surface area contributed by atoms with Crippen molar-refractivity contribution >= 4 is 28.7 Å². The van der Waals surface area contributed by atoms with Crippen molar-refractivity contribution in [3.8, 4) is 0 Å². The summed E-state index contributed by atoms with van der Waals surface area (Å²) in [6.07, 6.45) is 1.20. The molecule has 0 aliphatic rings. The van der Waals surface area contributed by atoms with Crippen molar-refractivity contribution in [1.82, 2.24) is 14.9 Å². The minimum absolute atomic E-state index is 0.143.